The third-order valence-corrected chi connectivity index (χ3v) is 2.24. The average Bonchev–Trinajstić information content (AvgIpc) is 2.28. The highest BCUT2D eigenvalue weighted by atomic mass is 16.6. The fourth-order valence-electron chi connectivity index (χ4n) is 1.41. The second-order valence-electron chi connectivity index (χ2n) is 3.77. The molecule has 1 aromatic rings. The minimum atomic E-state index is -0.437. The van der Waals surface area contributed by atoms with Crippen molar-refractivity contribution in [3.8, 4) is 0 Å². The summed E-state index contributed by atoms with van der Waals surface area (Å²) in [6, 6.07) is 4.99. The van der Waals surface area contributed by atoms with Gasteiger partial charge in [0.1, 0.15) is 6.61 Å². The Morgan fingerprint density at radius 1 is 1.12 bits per heavy atom. The topological polar surface area (TPSA) is 52.6 Å². The zero-order valence-electron chi connectivity index (χ0n) is 10.3. The van der Waals surface area contributed by atoms with Crippen molar-refractivity contribution in [3.05, 3.63) is 34.9 Å². The third kappa shape index (κ3) is 4.00. The van der Waals surface area contributed by atoms with E-state index in [1.54, 1.807) is 18.2 Å². The van der Waals surface area contributed by atoms with Crippen molar-refractivity contribution < 1.29 is 19.1 Å². The summed E-state index contributed by atoms with van der Waals surface area (Å²) in [4.78, 5) is 22.9. The molecule has 0 fully saturated rings. The minimum Gasteiger partial charge on any atom is -0.460 e. The van der Waals surface area contributed by atoms with Crippen molar-refractivity contribution in [1.82, 2.24) is 0 Å². The second-order valence-corrected chi connectivity index (χ2v) is 3.77. The van der Waals surface area contributed by atoms with Gasteiger partial charge in [0.15, 0.2) is 5.78 Å². The van der Waals surface area contributed by atoms with Crippen LogP contribution in [0.5, 0.6) is 0 Å². The number of carbonyl (C=O) groups is 2. The lowest BCUT2D eigenvalue weighted by molar-refractivity contribution is 0.0388. The van der Waals surface area contributed by atoms with Crippen LogP contribution in [0.25, 0.3) is 0 Å². The number of Topliss-reactive ketones (excluding diaryl/α,β-unsaturated/α-hetero) is 1. The van der Waals surface area contributed by atoms with Gasteiger partial charge in [-0.25, -0.2) is 4.79 Å². The number of carbonyl (C=O) groups excluding carboxylic acids is 2. The number of hydrogen-bond acceptors (Lipinski definition) is 4. The summed E-state index contributed by atoms with van der Waals surface area (Å²) in [5.41, 5.74) is 1.77. The van der Waals surface area contributed by atoms with E-state index in [2.05, 4.69) is 0 Å². The Morgan fingerprint density at radius 3 is 2.35 bits per heavy atom. The predicted molar refractivity (Wildman–Crippen MR) is 63.3 cm³/mol. The third-order valence-electron chi connectivity index (χ3n) is 2.24. The molecule has 0 atom stereocenters. The van der Waals surface area contributed by atoms with Crippen LogP contribution in [-0.2, 0) is 9.47 Å². The molecule has 0 heterocycles. The lowest BCUT2D eigenvalue weighted by Gasteiger charge is -2.06. The maximum Gasteiger partial charge on any atom is 0.338 e. The molecule has 4 heteroatoms. The molecule has 0 aromatic heterocycles. The smallest absolute Gasteiger partial charge is 0.338 e. The van der Waals surface area contributed by atoms with Crippen molar-refractivity contribution in [1.29, 1.82) is 0 Å². The predicted octanol–water partition coefficient (Wildman–Crippen LogP) is 2.00. The quantitative estimate of drug-likeness (QED) is 0.446. The van der Waals surface area contributed by atoms with E-state index in [0.29, 0.717) is 17.7 Å². The number of rotatable bonds is 5. The molecular weight excluding hydrogens is 220 g/mol. The van der Waals surface area contributed by atoms with Crippen molar-refractivity contribution in [2.75, 3.05) is 20.3 Å². The first-order chi connectivity index (χ1) is 8.04. The molecule has 0 saturated carbocycles. The van der Waals surface area contributed by atoms with E-state index < -0.39 is 5.97 Å². The molecule has 0 aliphatic heterocycles. The van der Waals surface area contributed by atoms with Crippen LogP contribution in [0.2, 0.25) is 0 Å². The first kappa shape index (κ1) is 13.4. The number of ketones is 1. The van der Waals surface area contributed by atoms with E-state index >= 15 is 0 Å². The SMILES string of the molecule is COCCOC(=O)c1cc(C)cc(C(C)=O)c1. The Labute approximate surface area is 101 Å². The Bertz CT molecular complexity index is 423. The van der Waals surface area contributed by atoms with Crippen molar-refractivity contribution >= 4 is 11.8 Å². The minimum absolute atomic E-state index is 0.0698. The summed E-state index contributed by atoms with van der Waals surface area (Å²) in [7, 11) is 1.54. The molecule has 0 saturated heterocycles. The van der Waals surface area contributed by atoms with Gasteiger partial charge in [0, 0.05) is 12.7 Å². The Balaban J connectivity index is 2.82. The van der Waals surface area contributed by atoms with Crippen LogP contribution in [-0.4, -0.2) is 32.1 Å². The summed E-state index contributed by atoms with van der Waals surface area (Å²) < 4.78 is 9.77. The van der Waals surface area contributed by atoms with Gasteiger partial charge in [0.2, 0.25) is 0 Å². The lowest BCUT2D eigenvalue weighted by atomic mass is 10.0. The molecule has 0 N–H and O–H groups in total. The molecule has 0 aliphatic rings. The van der Waals surface area contributed by atoms with E-state index in [-0.39, 0.29) is 12.4 Å². The number of ether oxygens (including phenoxy) is 2. The van der Waals surface area contributed by atoms with Crippen molar-refractivity contribution in [2.45, 2.75) is 13.8 Å². The molecule has 0 unspecified atom stereocenters. The molecule has 0 aliphatic carbocycles. The molecule has 0 spiro atoms. The van der Waals surface area contributed by atoms with Crippen LogP contribution in [0.1, 0.15) is 33.2 Å². The van der Waals surface area contributed by atoms with E-state index in [9.17, 15) is 9.59 Å². The van der Waals surface area contributed by atoms with Gasteiger partial charge in [-0.05, 0) is 37.6 Å². The molecule has 92 valence electrons. The van der Waals surface area contributed by atoms with E-state index in [0.717, 1.165) is 5.56 Å². The molecule has 1 aromatic carbocycles. The highest BCUT2D eigenvalue weighted by Gasteiger charge is 2.10. The van der Waals surface area contributed by atoms with Gasteiger partial charge in [-0.2, -0.15) is 0 Å². The highest BCUT2D eigenvalue weighted by Crippen LogP contribution is 2.11. The van der Waals surface area contributed by atoms with Gasteiger partial charge >= 0.3 is 5.97 Å². The number of methoxy groups -OCH3 is 1. The number of hydrogen-bond donors (Lipinski definition) is 0. The first-order valence-corrected chi connectivity index (χ1v) is 5.33. The van der Waals surface area contributed by atoms with Gasteiger partial charge < -0.3 is 9.47 Å². The van der Waals surface area contributed by atoms with Crippen LogP contribution >= 0.6 is 0 Å². The molecule has 1 rings (SSSR count). The van der Waals surface area contributed by atoms with Gasteiger partial charge in [-0.1, -0.05) is 0 Å². The molecule has 17 heavy (non-hydrogen) atoms. The molecule has 0 bridgehead atoms. The molecular formula is C13H16O4. The fraction of sp³-hybridized carbons (Fsp3) is 0.385. The first-order valence-electron chi connectivity index (χ1n) is 5.33. The lowest BCUT2D eigenvalue weighted by Crippen LogP contribution is -2.11. The molecule has 4 nitrogen and oxygen atoms in total. The van der Waals surface area contributed by atoms with Crippen molar-refractivity contribution in [3.63, 3.8) is 0 Å². The molecule has 0 radical (unpaired) electrons. The van der Waals surface area contributed by atoms with Gasteiger partial charge in [-0.3, -0.25) is 4.79 Å². The van der Waals surface area contributed by atoms with Crippen LogP contribution < -0.4 is 0 Å². The standard InChI is InChI=1S/C13H16O4/c1-9-6-11(10(2)14)8-12(7-9)13(15)17-5-4-16-3/h6-8H,4-5H2,1-3H3. The summed E-state index contributed by atoms with van der Waals surface area (Å²) in [5.74, 6) is -0.507. The second kappa shape index (κ2) is 6.15. The summed E-state index contributed by atoms with van der Waals surface area (Å²) in [6.45, 7) is 3.86. The maximum atomic E-state index is 11.7. The summed E-state index contributed by atoms with van der Waals surface area (Å²) in [5, 5.41) is 0. The van der Waals surface area contributed by atoms with E-state index in [4.69, 9.17) is 9.47 Å². The summed E-state index contributed by atoms with van der Waals surface area (Å²) in [6.07, 6.45) is 0. The largest absolute Gasteiger partial charge is 0.460 e. The summed E-state index contributed by atoms with van der Waals surface area (Å²) >= 11 is 0. The fourth-order valence-corrected chi connectivity index (χ4v) is 1.41. The van der Waals surface area contributed by atoms with Crippen LogP contribution in [0.3, 0.4) is 0 Å². The van der Waals surface area contributed by atoms with E-state index in [1.807, 2.05) is 6.92 Å². The van der Waals surface area contributed by atoms with E-state index in [1.165, 1.54) is 14.0 Å². The highest BCUT2D eigenvalue weighted by molar-refractivity contribution is 5.98. The number of esters is 1. The monoisotopic (exact) mass is 236 g/mol. The van der Waals surface area contributed by atoms with Crippen LogP contribution in [0.15, 0.2) is 18.2 Å². The Kier molecular flexibility index (Phi) is 4.84. The van der Waals surface area contributed by atoms with Gasteiger partial charge in [0.05, 0.1) is 12.2 Å². The maximum absolute atomic E-state index is 11.7. The normalized spacial score (nSPS) is 10.1. The zero-order chi connectivity index (χ0) is 12.8. The van der Waals surface area contributed by atoms with Crippen LogP contribution in [0, 0.1) is 6.92 Å². The van der Waals surface area contributed by atoms with Crippen molar-refractivity contribution in [2.24, 2.45) is 0 Å². The Hall–Kier alpha value is -1.68. The average molecular weight is 236 g/mol. The zero-order valence-corrected chi connectivity index (χ0v) is 10.3. The van der Waals surface area contributed by atoms with Gasteiger partial charge in [0.25, 0.3) is 0 Å². The van der Waals surface area contributed by atoms with Crippen LogP contribution in [0.4, 0.5) is 0 Å². The molecule has 0 amide bonds. The number of benzene rings is 1. The Morgan fingerprint density at radius 2 is 1.76 bits per heavy atom. The van der Waals surface area contributed by atoms with Gasteiger partial charge in [-0.15, -0.1) is 0 Å². The number of aryl methyl sites for hydroxylation is 1.